The van der Waals surface area contributed by atoms with Crippen LogP contribution in [0.5, 0.6) is 0 Å². The van der Waals surface area contributed by atoms with E-state index in [2.05, 4.69) is 32.7 Å². The Morgan fingerprint density at radius 2 is 1.94 bits per heavy atom. The summed E-state index contributed by atoms with van der Waals surface area (Å²) in [7, 11) is 2.03. The Labute approximate surface area is 186 Å². The lowest BCUT2D eigenvalue weighted by molar-refractivity contribution is 0.752. The van der Waals surface area contributed by atoms with E-state index in [-0.39, 0.29) is 6.04 Å². The smallest absolute Gasteiger partial charge is 0.0991 e. The van der Waals surface area contributed by atoms with Gasteiger partial charge in [-0.1, -0.05) is 35.9 Å². The van der Waals surface area contributed by atoms with Crippen molar-refractivity contribution in [3.8, 4) is 28.5 Å². The summed E-state index contributed by atoms with van der Waals surface area (Å²) in [5.41, 5.74) is 13.0. The molecular formula is C25H22ClN5. The van der Waals surface area contributed by atoms with Gasteiger partial charge in [0.1, 0.15) is 0 Å². The number of halogens is 1. The molecular weight excluding hydrogens is 406 g/mol. The van der Waals surface area contributed by atoms with Gasteiger partial charge in [-0.3, -0.25) is 4.98 Å². The molecule has 0 bridgehead atoms. The predicted molar refractivity (Wildman–Crippen MR) is 126 cm³/mol. The molecule has 3 heterocycles. The molecule has 2 N–H and O–H groups in total. The van der Waals surface area contributed by atoms with Gasteiger partial charge in [-0.05, 0) is 36.2 Å². The van der Waals surface area contributed by atoms with E-state index < -0.39 is 0 Å². The highest BCUT2D eigenvalue weighted by atomic mass is 35.5. The van der Waals surface area contributed by atoms with Crippen molar-refractivity contribution >= 4 is 28.2 Å². The Balaban J connectivity index is 1.78. The van der Waals surface area contributed by atoms with Crippen molar-refractivity contribution in [1.29, 1.82) is 5.26 Å². The summed E-state index contributed by atoms with van der Waals surface area (Å²) in [6.45, 7) is 1.67. The van der Waals surface area contributed by atoms with Crippen LogP contribution in [0.4, 0.5) is 5.69 Å². The van der Waals surface area contributed by atoms with Crippen molar-refractivity contribution in [3.05, 3.63) is 71.5 Å². The van der Waals surface area contributed by atoms with Crippen LogP contribution in [0.3, 0.4) is 0 Å². The van der Waals surface area contributed by atoms with Crippen LogP contribution < -0.4 is 10.6 Å². The molecule has 0 saturated carbocycles. The molecule has 0 unspecified atom stereocenters. The molecule has 1 saturated heterocycles. The van der Waals surface area contributed by atoms with Crippen LogP contribution in [0, 0.1) is 11.3 Å². The zero-order chi connectivity index (χ0) is 21.5. The summed E-state index contributed by atoms with van der Waals surface area (Å²) in [6, 6.07) is 18.2. The molecule has 5 rings (SSSR count). The number of aromatic nitrogens is 2. The Hall–Kier alpha value is -3.33. The zero-order valence-electron chi connectivity index (χ0n) is 17.2. The summed E-state index contributed by atoms with van der Waals surface area (Å²) in [4.78, 5) is 6.93. The van der Waals surface area contributed by atoms with Crippen molar-refractivity contribution in [2.24, 2.45) is 12.8 Å². The number of para-hydroxylation sites is 1. The van der Waals surface area contributed by atoms with E-state index in [0.717, 1.165) is 63.5 Å². The first-order chi connectivity index (χ1) is 15.1. The van der Waals surface area contributed by atoms with E-state index in [1.54, 1.807) is 0 Å². The molecule has 1 aliphatic heterocycles. The fraction of sp³-hybridized carbons (Fsp3) is 0.200. The van der Waals surface area contributed by atoms with Crippen molar-refractivity contribution in [2.75, 3.05) is 18.0 Å². The lowest BCUT2D eigenvalue weighted by atomic mass is 9.99. The summed E-state index contributed by atoms with van der Waals surface area (Å²) >= 11 is 6.52. The third kappa shape index (κ3) is 3.34. The van der Waals surface area contributed by atoms with E-state index in [1.165, 1.54) is 0 Å². The van der Waals surface area contributed by atoms with Crippen LogP contribution in [0.25, 0.3) is 33.3 Å². The number of hydrogen-bond donors (Lipinski definition) is 1. The number of fused-ring (bicyclic) bond motifs is 1. The van der Waals surface area contributed by atoms with Crippen LogP contribution in [-0.4, -0.2) is 28.7 Å². The van der Waals surface area contributed by atoms with Gasteiger partial charge in [0.25, 0.3) is 0 Å². The molecule has 4 aromatic rings. The van der Waals surface area contributed by atoms with E-state index in [0.29, 0.717) is 5.56 Å². The van der Waals surface area contributed by atoms with Gasteiger partial charge in [0.15, 0.2) is 0 Å². The Kier molecular flexibility index (Phi) is 4.90. The number of rotatable bonds is 3. The monoisotopic (exact) mass is 427 g/mol. The molecule has 1 fully saturated rings. The van der Waals surface area contributed by atoms with Crippen LogP contribution in [0.2, 0.25) is 5.02 Å². The lowest BCUT2D eigenvalue weighted by Gasteiger charge is -2.25. The number of anilines is 1. The second-order valence-electron chi connectivity index (χ2n) is 8.04. The normalized spacial score (nSPS) is 16.1. The van der Waals surface area contributed by atoms with Crippen LogP contribution in [0.15, 0.2) is 60.9 Å². The van der Waals surface area contributed by atoms with Crippen molar-refractivity contribution in [1.82, 2.24) is 9.55 Å². The summed E-state index contributed by atoms with van der Waals surface area (Å²) in [5, 5.41) is 11.2. The maximum absolute atomic E-state index is 9.39. The highest BCUT2D eigenvalue weighted by Crippen LogP contribution is 2.42. The van der Waals surface area contributed by atoms with Crippen molar-refractivity contribution in [2.45, 2.75) is 12.5 Å². The summed E-state index contributed by atoms with van der Waals surface area (Å²) < 4.78 is 2.13. The third-order valence-corrected chi connectivity index (χ3v) is 6.35. The SMILES string of the molecule is Cn1c(-c2cncc(-c3cccc(C#N)c3)c2N2CC[C@H](N)C2)cc2cccc(Cl)c21. The summed E-state index contributed by atoms with van der Waals surface area (Å²) in [5.74, 6) is 0. The first kappa shape index (κ1) is 19.6. The number of pyridine rings is 1. The second-order valence-corrected chi connectivity index (χ2v) is 8.44. The molecule has 6 heteroatoms. The Bertz CT molecular complexity index is 1330. The van der Waals surface area contributed by atoms with Gasteiger partial charge < -0.3 is 15.2 Å². The fourth-order valence-electron chi connectivity index (χ4n) is 4.57. The molecule has 0 radical (unpaired) electrons. The van der Waals surface area contributed by atoms with Crippen molar-refractivity contribution in [3.63, 3.8) is 0 Å². The third-order valence-electron chi connectivity index (χ3n) is 6.04. The molecule has 0 spiro atoms. The highest BCUT2D eigenvalue weighted by Gasteiger charge is 2.26. The highest BCUT2D eigenvalue weighted by molar-refractivity contribution is 6.35. The van der Waals surface area contributed by atoms with Gasteiger partial charge in [-0.15, -0.1) is 0 Å². The number of nitrogens with zero attached hydrogens (tertiary/aromatic N) is 4. The maximum atomic E-state index is 9.39. The Morgan fingerprint density at radius 1 is 1.13 bits per heavy atom. The first-order valence-electron chi connectivity index (χ1n) is 10.3. The molecule has 1 atom stereocenters. The summed E-state index contributed by atoms with van der Waals surface area (Å²) in [6.07, 6.45) is 4.74. The van der Waals surface area contributed by atoms with Crippen molar-refractivity contribution < 1.29 is 0 Å². The maximum Gasteiger partial charge on any atom is 0.0991 e. The molecule has 0 amide bonds. The zero-order valence-corrected chi connectivity index (χ0v) is 18.0. The number of hydrogen-bond acceptors (Lipinski definition) is 4. The topological polar surface area (TPSA) is 70.9 Å². The fourth-order valence-corrected chi connectivity index (χ4v) is 4.87. The minimum absolute atomic E-state index is 0.140. The standard InChI is InChI=1S/C25H22ClN5/c1-30-23(11-18-6-3-7-22(26)24(18)30)21-14-29-13-20(17-5-2-4-16(10-17)12-27)25(21)31-9-8-19(28)15-31/h2-7,10-11,13-14,19H,8-9,15,28H2,1H3/t19-/m0/s1. The number of aryl methyl sites for hydroxylation is 1. The van der Waals surface area contributed by atoms with Gasteiger partial charge in [-0.25, -0.2) is 0 Å². The minimum Gasteiger partial charge on any atom is -0.369 e. The molecule has 31 heavy (non-hydrogen) atoms. The molecule has 154 valence electrons. The largest absolute Gasteiger partial charge is 0.369 e. The molecule has 2 aromatic heterocycles. The number of benzene rings is 2. The average Bonchev–Trinajstić information content (AvgIpc) is 3.37. The second kappa shape index (κ2) is 7.73. The van der Waals surface area contributed by atoms with Gasteiger partial charge >= 0.3 is 0 Å². The molecule has 2 aromatic carbocycles. The van der Waals surface area contributed by atoms with Crippen LogP contribution in [0.1, 0.15) is 12.0 Å². The molecule has 0 aliphatic carbocycles. The molecule has 1 aliphatic rings. The minimum atomic E-state index is 0.140. The van der Waals surface area contributed by atoms with E-state index in [4.69, 9.17) is 17.3 Å². The lowest BCUT2D eigenvalue weighted by Crippen LogP contribution is -2.27. The number of nitriles is 1. The molecule has 5 nitrogen and oxygen atoms in total. The van der Waals surface area contributed by atoms with Gasteiger partial charge in [0.05, 0.1) is 33.6 Å². The van der Waals surface area contributed by atoms with Crippen LogP contribution >= 0.6 is 11.6 Å². The van der Waals surface area contributed by atoms with Gasteiger partial charge in [-0.2, -0.15) is 5.26 Å². The van der Waals surface area contributed by atoms with Crippen LogP contribution in [-0.2, 0) is 7.05 Å². The van der Waals surface area contributed by atoms with E-state index in [1.807, 2.05) is 55.8 Å². The van der Waals surface area contributed by atoms with Gasteiger partial charge in [0.2, 0.25) is 0 Å². The Morgan fingerprint density at radius 3 is 2.68 bits per heavy atom. The first-order valence-corrected chi connectivity index (χ1v) is 10.7. The van der Waals surface area contributed by atoms with Gasteiger partial charge in [0, 0.05) is 55.1 Å². The number of nitrogens with two attached hydrogens (primary N) is 1. The predicted octanol–water partition coefficient (Wildman–Crippen LogP) is 4.97. The van der Waals surface area contributed by atoms with E-state index >= 15 is 0 Å². The average molecular weight is 428 g/mol. The van der Waals surface area contributed by atoms with E-state index in [9.17, 15) is 5.26 Å². The quantitative estimate of drug-likeness (QED) is 0.501.